The predicted octanol–water partition coefficient (Wildman–Crippen LogP) is 2.62. The van der Waals surface area contributed by atoms with Gasteiger partial charge in [0.1, 0.15) is 0 Å². The lowest BCUT2D eigenvalue weighted by Gasteiger charge is -2.24. The molecule has 0 aliphatic carbocycles. The largest absolute Gasteiger partial charge is 0.459 e. The first-order valence-electron chi connectivity index (χ1n) is 6.42. The Morgan fingerprint density at radius 1 is 1.22 bits per heavy atom. The number of hydrogen-bond acceptors (Lipinski definition) is 5. The molecule has 96 valence electrons. The number of aryl methyl sites for hydroxylation is 1. The SMILES string of the molecule is Cc1ccoc1-c1nnc(CN2CCCCC2)o1. The Labute approximate surface area is 106 Å². The molecule has 3 rings (SSSR count). The maximum absolute atomic E-state index is 5.65. The van der Waals surface area contributed by atoms with Gasteiger partial charge in [0, 0.05) is 5.56 Å². The lowest BCUT2D eigenvalue weighted by atomic mass is 10.1. The van der Waals surface area contributed by atoms with E-state index in [1.807, 2.05) is 13.0 Å². The van der Waals surface area contributed by atoms with E-state index in [1.54, 1.807) is 6.26 Å². The maximum atomic E-state index is 5.65. The number of aromatic nitrogens is 2. The Hall–Kier alpha value is -1.62. The second kappa shape index (κ2) is 4.94. The molecule has 0 bridgehead atoms. The Morgan fingerprint density at radius 2 is 2.06 bits per heavy atom. The van der Waals surface area contributed by atoms with Crippen LogP contribution >= 0.6 is 0 Å². The van der Waals surface area contributed by atoms with Crippen molar-refractivity contribution in [2.24, 2.45) is 0 Å². The van der Waals surface area contributed by atoms with Crippen LogP contribution in [0.5, 0.6) is 0 Å². The lowest BCUT2D eigenvalue weighted by Crippen LogP contribution is -2.29. The average Bonchev–Trinajstić information content (AvgIpc) is 2.99. The van der Waals surface area contributed by atoms with E-state index in [-0.39, 0.29) is 0 Å². The number of rotatable bonds is 3. The molecule has 0 amide bonds. The van der Waals surface area contributed by atoms with Crippen molar-refractivity contribution in [3.8, 4) is 11.7 Å². The van der Waals surface area contributed by atoms with Crippen molar-refractivity contribution in [3.05, 3.63) is 23.8 Å². The minimum absolute atomic E-state index is 0.476. The van der Waals surface area contributed by atoms with Gasteiger partial charge in [0.2, 0.25) is 5.89 Å². The van der Waals surface area contributed by atoms with Crippen molar-refractivity contribution in [1.82, 2.24) is 15.1 Å². The van der Waals surface area contributed by atoms with Crippen LogP contribution < -0.4 is 0 Å². The van der Waals surface area contributed by atoms with Crippen LogP contribution in [0.3, 0.4) is 0 Å². The van der Waals surface area contributed by atoms with E-state index < -0.39 is 0 Å². The summed E-state index contributed by atoms with van der Waals surface area (Å²) < 4.78 is 11.0. The van der Waals surface area contributed by atoms with Gasteiger partial charge in [0.25, 0.3) is 5.89 Å². The van der Waals surface area contributed by atoms with Crippen LogP contribution in [0, 0.1) is 6.92 Å². The molecule has 0 saturated carbocycles. The highest BCUT2D eigenvalue weighted by molar-refractivity contribution is 5.49. The van der Waals surface area contributed by atoms with Crippen LogP contribution in [-0.4, -0.2) is 28.2 Å². The summed E-state index contributed by atoms with van der Waals surface area (Å²) in [4.78, 5) is 2.36. The van der Waals surface area contributed by atoms with Crippen LogP contribution in [0.15, 0.2) is 21.2 Å². The molecule has 3 heterocycles. The van der Waals surface area contributed by atoms with Crippen LogP contribution in [0.25, 0.3) is 11.7 Å². The Bertz CT molecular complexity index is 512. The normalized spacial score (nSPS) is 17.2. The third kappa shape index (κ3) is 2.31. The summed E-state index contributed by atoms with van der Waals surface area (Å²) in [5.41, 5.74) is 1.02. The fourth-order valence-corrected chi connectivity index (χ4v) is 2.31. The number of piperidine rings is 1. The zero-order valence-electron chi connectivity index (χ0n) is 10.6. The van der Waals surface area contributed by atoms with E-state index in [0.717, 1.165) is 25.2 Å². The van der Waals surface area contributed by atoms with Crippen LogP contribution in [0.2, 0.25) is 0 Å². The minimum atomic E-state index is 0.476. The first-order valence-corrected chi connectivity index (χ1v) is 6.42. The molecule has 0 radical (unpaired) electrons. The zero-order chi connectivity index (χ0) is 12.4. The summed E-state index contributed by atoms with van der Waals surface area (Å²) in [6.45, 7) is 4.95. The van der Waals surface area contributed by atoms with Gasteiger partial charge in [-0.2, -0.15) is 0 Å². The molecule has 0 unspecified atom stereocenters. The number of nitrogens with zero attached hydrogens (tertiary/aromatic N) is 3. The van der Waals surface area contributed by atoms with Crippen LogP contribution in [0.1, 0.15) is 30.7 Å². The number of furan rings is 1. The molecule has 2 aromatic heterocycles. The third-order valence-electron chi connectivity index (χ3n) is 3.33. The van der Waals surface area contributed by atoms with E-state index in [4.69, 9.17) is 8.83 Å². The molecule has 1 fully saturated rings. The topological polar surface area (TPSA) is 55.3 Å². The third-order valence-corrected chi connectivity index (χ3v) is 3.33. The van der Waals surface area contributed by atoms with Crippen molar-refractivity contribution in [2.45, 2.75) is 32.7 Å². The van der Waals surface area contributed by atoms with E-state index in [9.17, 15) is 0 Å². The Kier molecular flexibility index (Phi) is 3.15. The monoisotopic (exact) mass is 247 g/mol. The molecule has 0 aromatic carbocycles. The summed E-state index contributed by atoms with van der Waals surface area (Å²) >= 11 is 0. The number of hydrogen-bond donors (Lipinski definition) is 0. The smallest absolute Gasteiger partial charge is 0.283 e. The maximum Gasteiger partial charge on any atom is 0.283 e. The molecule has 1 saturated heterocycles. The Balaban J connectivity index is 1.71. The van der Waals surface area contributed by atoms with Gasteiger partial charge in [-0.05, 0) is 38.9 Å². The summed E-state index contributed by atoms with van der Waals surface area (Å²) in [6.07, 6.45) is 5.49. The first kappa shape index (κ1) is 11.5. The highest BCUT2D eigenvalue weighted by Crippen LogP contribution is 2.23. The summed E-state index contributed by atoms with van der Waals surface area (Å²) in [5.74, 6) is 1.82. The van der Waals surface area contributed by atoms with Crippen molar-refractivity contribution >= 4 is 0 Å². The minimum Gasteiger partial charge on any atom is -0.459 e. The van der Waals surface area contributed by atoms with E-state index >= 15 is 0 Å². The molecule has 1 aliphatic heterocycles. The first-order chi connectivity index (χ1) is 8.83. The molecule has 5 heteroatoms. The van der Waals surface area contributed by atoms with Gasteiger partial charge in [-0.15, -0.1) is 10.2 Å². The van der Waals surface area contributed by atoms with Crippen molar-refractivity contribution in [2.75, 3.05) is 13.1 Å². The molecule has 0 N–H and O–H groups in total. The van der Waals surface area contributed by atoms with Crippen molar-refractivity contribution in [1.29, 1.82) is 0 Å². The molecule has 0 atom stereocenters. The standard InChI is InChI=1S/C13H17N3O2/c1-10-5-8-17-12(10)13-15-14-11(18-13)9-16-6-3-2-4-7-16/h5,8H,2-4,6-7,9H2,1H3. The van der Waals surface area contributed by atoms with Crippen LogP contribution in [0.4, 0.5) is 0 Å². The molecular weight excluding hydrogens is 230 g/mol. The van der Waals surface area contributed by atoms with E-state index in [1.165, 1.54) is 19.3 Å². The second-order valence-corrected chi connectivity index (χ2v) is 4.77. The quantitative estimate of drug-likeness (QED) is 0.834. The van der Waals surface area contributed by atoms with Crippen LogP contribution in [-0.2, 0) is 6.54 Å². The molecule has 2 aromatic rings. The van der Waals surface area contributed by atoms with Gasteiger partial charge in [0.05, 0.1) is 12.8 Å². The highest BCUT2D eigenvalue weighted by Gasteiger charge is 2.17. The summed E-state index contributed by atoms with van der Waals surface area (Å²) in [6, 6.07) is 1.89. The zero-order valence-corrected chi connectivity index (χ0v) is 10.6. The van der Waals surface area contributed by atoms with Gasteiger partial charge in [-0.25, -0.2) is 0 Å². The van der Waals surface area contributed by atoms with Gasteiger partial charge in [-0.3, -0.25) is 4.90 Å². The molecule has 5 nitrogen and oxygen atoms in total. The van der Waals surface area contributed by atoms with E-state index in [2.05, 4.69) is 15.1 Å². The predicted molar refractivity (Wildman–Crippen MR) is 65.9 cm³/mol. The van der Waals surface area contributed by atoms with Gasteiger partial charge >= 0.3 is 0 Å². The number of likely N-dealkylation sites (tertiary alicyclic amines) is 1. The molecule has 18 heavy (non-hydrogen) atoms. The highest BCUT2D eigenvalue weighted by atomic mass is 16.4. The van der Waals surface area contributed by atoms with Gasteiger partial charge < -0.3 is 8.83 Å². The fourth-order valence-electron chi connectivity index (χ4n) is 2.31. The van der Waals surface area contributed by atoms with Crippen molar-refractivity contribution < 1.29 is 8.83 Å². The fraction of sp³-hybridized carbons (Fsp3) is 0.538. The lowest BCUT2D eigenvalue weighted by molar-refractivity contribution is 0.202. The summed E-state index contributed by atoms with van der Waals surface area (Å²) in [5, 5.41) is 8.14. The molecule has 0 spiro atoms. The summed E-state index contributed by atoms with van der Waals surface area (Å²) in [7, 11) is 0. The Morgan fingerprint density at radius 3 is 2.78 bits per heavy atom. The molecule has 1 aliphatic rings. The van der Waals surface area contributed by atoms with Crippen molar-refractivity contribution in [3.63, 3.8) is 0 Å². The average molecular weight is 247 g/mol. The van der Waals surface area contributed by atoms with Gasteiger partial charge in [0.15, 0.2) is 5.76 Å². The second-order valence-electron chi connectivity index (χ2n) is 4.77. The van der Waals surface area contributed by atoms with Gasteiger partial charge in [-0.1, -0.05) is 6.42 Å². The molecular formula is C13H17N3O2. The van der Waals surface area contributed by atoms with E-state index in [0.29, 0.717) is 17.5 Å².